The number of hydrogen-bond acceptors (Lipinski definition) is 5. The van der Waals surface area contributed by atoms with Gasteiger partial charge in [0.1, 0.15) is 15.9 Å². The van der Waals surface area contributed by atoms with Crippen molar-refractivity contribution < 1.29 is 8.42 Å². The number of rotatable bonds is 6. The molecule has 0 atom stereocenters. The first-order valence-electron chi connectivity index (χ1n) is 6.84. The van der Waals surface area contributed by atoms with Crippen LogP contribution in [0.5, 0.6) is 0 Å². The zero-order valence-corrected chi connectivity index (χ0v) is 13.0. The molecule has 1 fully saturated rings. The van der Waals surface area contributed by atoms with Crippen LogP contribution < -0.4 is 0 Å². The topological polar surface area (TPSA) is 63.2 Å². The van der Waals surface area contributed by atoms with E-state index in [2.05, 4.69) is 8.75 Å². The summed E-state index contributed by atoms with van der Waals surface area (Å²) in [6, 6.07) is 5.16. The van der Waals surface area contributed by atoms with E-state index in [1.807, 2.05) is 6.92 Å². The minimum absolute atomic E-state index is 0.290. The lowest BCUT2D eigenvalue weighted by molar-refractivity contribution is 0.396. The molecule has 1 aliphatic carbocycles. The van der Waals surface area contributed by atoms with Crippen molar-refractivity contribution in [2.24, 2.45) is 5.92 Å². The minimum Gasteiger partial charge on any atom is -0.207 e. The molecule has 0 saturated heterocycles. The van der Waals surface area contributed by atoms with Gasteiger partial charge in [-0.25, -0.2) is 8.42 Å². The summed E-state index contributed by atoms with van der Waals surface area (Å²) in [4.78, 5) is 0.290. The number of nitrogens with zero attached hydrogens (tertiary/aromatic N) is 3. The highest BCUT2D eigenvalue weighted by Crippen LogP contribution is 2.32. The summed E-state index contributed by atoms with van der Waals surface area (Å²) in [6.45, 7) is 3.19. The van der Waals surface area contributed by atoms with E-state index in [9.17, 15) is 8.42 Å². The molecule has 0 unspecified atom stereocenters. The third-order valence-electron chi connectivity index (χ3n) is 3.50. The number of hydrogen-bond donors (Lipinski definition) is 0. The van der Waals surface area contributed by atoms with Gasteiger partial charge in [-0.1, -0.05) is 13.0 Å². The van der Waals surface area contributed by atoms with Gasteiger partial charge < -0.3 is 0 Å². The Kier molecular flexibility index (Phi) is 3.74. The lowest BCUT2D eigenvalue weighted by Gasteiger charge is -2.21. The number of aromatic nitrogens is 2. The predicted octanol–water partition coefficient (Wildman–Crippen LogP) is 2.50. The van der Waals surface area contributed by atoms with Crippen LogP contribution in [0.15, 0.2) is 23.1 Å². The Bertz CT molecular complexity index is 707. The maximum atomic E-state index is 12.9. The molecule has 0 N–H and O–H groups in total. The molecule has 3 rings (SSSR count). The van der Waals surface area contributed by atoms with E-state index in [0.717, 1.165) is 31.0 Å². The summed E-state index contributed by atoms with van der Waals surface area (Å²) >= 11 is 1.05. The molecule has 1 aliphatic rings. The molecular formula is C13H17N3O2S2. The molecule has 0 spiro atoms. The van der Waals surface area contributed by atoms with Crippen molar-refractivity contribution in [1.82, 2.24) is 13.1 Å². The zero-order chi connectivity index (χ0) is 14.2. The first-order chi connectivity index (χ1) is 9.63. The summed E-state index contributed by atoms with van der Waals surface area (Å²) in [5.41, 5.74) is 1.15. The molecule has 1 aromatic heterocycles. The monoisotopic (exact) mass is 311 g/mol. The molecule has 1 saturated carbocycles. The lowest BCUT2D eigenvalue weighted by Crippen LogP contribution is -2.33. The Morgan fingerprint density at radius 1 is 1.35 bits per heavy atom. The lowest BCUT2D eigenvalue weighted by atomic mass is 10.3. The molecule has 7 heteroatoms. The Labute approximate surface area is 123 Å². The van der Waals surface area contributed by atoms with Gasteiger partial charge in [-0.2, -0.15) is 13.1 Å². The van der Waals surface area contributed by atoms with Crippen LogP contribution >= 0.6 is 11.7 Å². The van der Waals surface area contributed by atoms with Crippen molar-refractivity contribution in [3.63, 3.8) is 0 Å². The predicted molar refractivity (Wildman–Crippen MR) is 79.2 cm³/mol. The fraction of sp³-hybridized carbons (Fsp3) is 0.538. The van der Waals surface area contributed by atoms with Crippen LogP contribution in [0.1, 0.15) is 26.2 Å². The average molecular weight is 311 g/mol. The zero-order valence-electron chi connectivity index (χ0n) is 11.3. The van der Waals surface area contributed by atoms with Gasteiger partial charge in [-0.05, 0) is 37.3 Å². The molecule has 1 heterocycles. The van der Waals surface area contributed by atoms with Crippen molar-refractivity contribution in [3.05, 3.63) is 18.2 Å². The number of fused-ring (bicyclic) bond motifs is 1. The second-order valence-electron chi connectivity index (χ2n) is 5.19. The molecule has 5 nitrogen and oxygen atoms in total. The van der Waals surface area contributed by atoms with Gasteiger partial charge in [0, 0.05) is 13.1 Å². The highest BCUT2D eigenvalue weighted by atomic mass is 32.2. The largest absolute Gasteiger partial charge is 0.245 e. The molecule has 108 valence electrons. The van der Waals surface area contributed by atoms with Crippen LogP contribution in [-0.4, -0.2) is 34.6 Å². The van der Waals surface area contributed by atoms with Crippen molar-refractivity contribution >= 4 is 32.8 Å². The first-order valence-corrected chi connectivity index (χ1v) is 9.01. The van der Waals surface area contributed by atoms with Gasteiger partial charge in [-0.3, -0.25) is 0 Å². The van der Waals surface area contributed by atoms with Crippen molar-refractivity contribution in [2.45, 2.75) is 31.1 Å². The summed E-state index contributed by atoms with van der Waals surface area (Å²) in [5.74, 6) is 0.532. The SMILES string of the molecule is CCCN(CC1CC1)S(=O)(=O)c1cccc2nsnc12. The van der Waals surface area contributed by atoms with E-state index in [1.54, 1.807) is 22.5 Å². The second-order valence-corrected chi connectivity index (χ2v) is 7.63. The fourth-order valence-electron chi connectivity index (χ4n) is 2.28. The molecule has 20 heavy (non-hydrogen) atoms. The Morgan fingerprint density at radius 2 is 2.15 bits per heavy atom. The van der Waals surface area contributed by atoms with Gasteiger partial charge in [0.15, 0.2) is 0 Å². The normalized spacial score (nSPS) is 16.1. The van der Waals surface area contributed by atoms with E-state index in [1.165, 1.54) is 0 Å². The molecule has 0 bridgehead atoms. The van der Waals surface area contributed by atoms with E-state index in [0.29, 0.717) is 30.0 Å². The number of benzene rings is 1. The molecule has 0 aliphatic heterocycles. The van der Waals surface area contributed by atoms with Gasteiger partial charge >= 0.3 is 0 Å². The van der Waals surface area contributed by atoms with Crippen molar-refractivity contribution in [2.75, 3.05) is 13.1 Å². The van der Waals surface area contributed by atoms with Gasteiger partial charge in [0.25, 0.3) is 0 Å². The molecule has 1 aromatic carbocycles. The second kappa shape index (κ2) is 5.38. The van der Waals surface area contributed by atoms with E-state index in [4.69, 9.17) is 0 Å². The summed E-state index contributed by atoms with van der Waals surface area (Å²) in [6.07, 6.45) is 3.09. The quantitative estimate of drug-likeness (QED) is 0.822. The minimum atomic E-state index is -3.48. The smallest absolute Gasteiger partial charge is 0.207 e. The third kappa shape index (κ3) is 2.57. The molecule has 0 amide bonds. The molecule has 0 radical (unpaired) electrons. The standard InChI is InChI=1S/C13H17N3O2S2/c1-2-8-16(9-10-6-7-10)20(17,18)12-5-3-4-11-13(12)15-19-14-11/h3-5,10H,2,6-9H2,1H3. The number of sulfonamides is 1. The maximum Gasteiger partial charge on any atom is 0.245 e. The molecular weight excluding hydrogens is 294 g/mol. The maximum absolute atomic E-state index is 12.9. The fourth-order valence-corrected chi connectivity index (χ4v) is 4.64. The third-order valence-corrected chi connectivity index (χ3v) is 5.94. The van der Waals surface area contributed by atoms with Crippen LogP contribution in [0, 0.1) is 5.92 Å². The Morgan fingerprint density at radius 3 is 2.85 bits per heavy atom. The first kappa shape index (κ1) is 13.9. The Hall–Kier alpha value is -1.05. The van der Waals surface area contributed by atoms with Gasteiger partial charge in [-0.15, -0.1) is 0 Å². The van der Waals surface area contributed by atoms with E-state index in [-0.39, 0.29) is 4.90 Å². The Balaban J connectivity index is 2.02. The summed E-state index contributed by atoms with van der Waals surface area (Å²) in [7, 11) is -3.48. The average Bonchev–Trinajstić information content (AvgIpc) is 3.12. The van der Waals surface area contributed by atoms with Crippen LogP contribution in [0.4, 0.5) is 0 Å². The summed E-state index contributed by atoms with van der Waals surface area (Å²) < 4.78 is 35.6. The highest BCUT2D eigenvalue weighted by molar-refractivity contribution is 7.89. The van der Waals surface area contributed by atoms with E-state index >= 15 is 0 Å². The van der Waals surface area contributed by atoms with Crippen molar-refractivity contribution in [1.29, 1.82) is 0 Å². The van der Waals surface area contributed by atoms with Crippen LogP contribution in [0.25, 0.3) is 11.0 Å². The van der Waals surface area contributed by atoms with Gasteiger partial charge in [0.05, 0.1) is 11.7 Å². The summed E-state index contributed by atoms with van der Waals surface area (Å²) in [5, 5.41) is 0. The highest BCUT2D eigenvalue weighted by Gasteiger charge is 2.32. The van der Waals surface area contributed by atoms with Gasteiger partial charge in [0.2, 0.25) is 10.0 Å². The van der Waals surface area contributed by atoms with Crippen molar-refractivity contribution in [3.8, 4) is 0 Å². The van der Waals surface area contributed by atoms with E-state index < -0.39 is 10.0 Å². The van der Waals surface area contributed by atoms with Crippen LogP contribution in [0.3, 0.4) is 0 Å². The van der Waals surface area contributed by atoms with Crippen LogP contribution in [-0.2, 0) is 10.0 Å². The molecule has 2 aromatic rings. The van der Waals surface area contributed by atoms with Crippen LogP contribution in [0.2, 0.25) is 0 Å².